The van der Waals surface area contributed by atoms with Crippen LogP contribution >= 0.6 is 0 Å². The Labute approximate surface area is 195 Å². The number of hydrogen-bond donors (Lipinski definition) is 0. The lowest BCUT2D eigenvalue weighted by molar-refractivity contribution is -0.120. The number of hydrogen-bond acceptors (Lipinski definition) is 3. The van der Waals surface area contributed by atoms with Crippen LogP contribution in [0.1, 0.15) is 38.9 Å². The summed E-state index contributed by atoms with van der Waals surface area (Å²) in [6.45, 7) is 9.42. The van der Waals surface area contributed by atoms with E-state index in [0.29, 0.717) is 30.0 Å². The predicted molar refractivity (Wildman–Crippen MR) is 132 cm³/mol. The molecule has 4 nitrogen and oxygen atoms in total. The highest BCUT2D eigenvalue weighted by Crippen LogP contribution is 2.38. The molecule has 2 aliphatic heterocycles. The topological polar surface area (TPSA) is 40.6 Å². The van der Waals surface area contributed by atoms with E-state index in [1.165, 1.54) is 16.0 Å². The maximum Gasteiger partial charge on any atom is 0.282 e. The molecule has 0 bridgehead atoms. The van der Waals surface area contributed by atoms with Gasteiger partial charge in [0.15, 0.2) is 0 Å². The molecule has 0 N–H and O–H groups in total. The van der Waals surface area contributed by atoms with Crippen LogP contribution in [0.25, 0.3) is 5.57 Å². The van der Waals surface area contributed by atoms with Crippen molar-refractivity contribution >= 4 is 23.1 Å². The highest BCUT2D eigenvalue weighted by atomic mass is 16.2. The van der Waals surface area contributed by atoms with Crippen molar-refractivity contribution in [3.8, 4) is 0 Å². The number of imide groups is 1. The monoisotopic (exact) mass is 436 g/mol. The minimum atomic E-state index is -0.246. The second-order valence-electron chi connectivity index (χ2n) is 9.20. The van der Waals surface area contributed by atoms with Gasteiger partial charge in [-0.2, -0.15) is 0 Å². The van der Waals surface area contributed by atoms with Crippen LogP contribution in [0.5, 0.6) is 0 Å². The minimum Gasteiger partial charge on any atom is -0.362 e. The van der Waals surface area contributed by atoms with Gasteiger partial charge in [0.1, 0.15) is 5.70 Å². The van der Waals surface area contributed by atoms with Crippen LogP contribution < -0.4 is 4.90 Å². The molecule has 0 saturated carbocycles. The van der Waals surface area contributed by atoms with Crippen LogP contribution in [0.3, 0.4) is 0 Å². The van der Waals surface area contributed by atoms with Crippen molar-refractivity contribution in [3.05, 3.63) is 105 Å². The van der Waals surface area contributed by atoms with Gasteiger partial charge in [-0.25, -0.2) is 4.90 Å². The highest BCUT2D eigenvalue weighted by Gasteiger charge is 2.43. The Hall–Kier alpha value is -3.66. The largest absolute Gasteiger partial charge is 0.362 e. The van der Waals surface area contributed by atoms with E-state index in [1.54, 1.807) is 0 Å². The first-order valence-electron chi connectivity index (χ1n) is 11.4. The number of fused-ring (bicyclic) bond motifs is 1. The van der Waals surface area contributed by atoms with Gasteiger partial charge in [-0.1, -0.05) is 54.1 Å². The fraction of sp³-hybridized carbons (Fsp3) is 0.241. The Kier molecular flexibility index (Phi) is 5.16. The minimum absolute atomic E-state index is 0.238. The molecule has 0 saturated heterocycles. The average Bonchev–Trinajstić information content (AvgIpc) is 3.05. The molecule has 3 aromatic carbocycles. The lowest BCUT2D eigenvalue weighted by Gasteiger charge is -2.31. The molecule has 0 atom stereocenters. The number of anilines is 1. The molecular weight excluding hydrogens is 408 g/mol. The van der Waals surface area contributed by atoms with Crippen LogP contribution in [-0.2, 0) is 22.6 Å². The van der Waals surface area contributed by atoms with Gasteiger partial charge in [0.05, 0.1) is 11.3 Å². The second-order valence-corrected chi connectivity index (χ2v) is 9.20. The summed E-state index contributed by atoms with van der Waals surface area (Å²) in [7, 11) is 0. The van der Waals surface area contributed by atoms with Crippen molar-refractivity contribution in [2.24, 2.45) is 0 Å². The van der Waals surface area contributed by atoms with Crippen molar-refractivity contribution in [1.82, 2.24) is 4.90 Å². The van der Waals surface area contributed by atoms with Crippen molar-refractivity contribution in [2.45, 2.75) is 40.7 Å². The average molecular weight is 437 g/mol. The number of rotatable bonds is 3. The molecule has 2 heterocycles. The van der Waals surface area contributed by atoms with Crippen LogP contribution in [0.15, 0.2) is 66.4 Å². The lowest BCUT2D eigenvalue weighted by Crippen LogP contribution is -2.37. The van der Waals surface area contributed by atoms with Crippen LogP contribution in [0.4, 0.5) is 5.69 Å². The molecule has 33 heavy (non-hydrogen) atoms. The van der Waals surface area contributed by atoms with Crippen molar-refractivity contribution in [1.29, 1.82) is 0 Å². The zero-order chi connectivity index (χ0) is 23.3. The SMILES string of the molecule is Cc1ccc(C2=C(N3CCc4ccccc4C3)C(=O)N(c3ccc(C)c(C)c3)C2=O)c(C)c1. The zero-order valence-electron chi connectivity index (χ0n) is 19.6. The Bertz CT molecular complexity index is 1340. The number of nitrogens with zero attached hydrogens (tertiary/aromatic N) is 2. The van der Waals surface area contributed by atoms with Crippen molar-refractivity contribution in [3.63, 3.8) is 0 Å². The summed E-state index contributed by atoms with van der Waals surface area (Å²) in [5, 5.41) is 0. The van der Waals surface area contributed by atoms with E-state index in [1.807, 2.05) is 64.1 Å². The molecule has 0 radical (unpaired) electrons. The van der Waals surface area contributed by atoms with E-state index in [2.05, 4.69) is 29.2 Å². The molecule has 3 aromatic rings. The van der Waals surface area contributed by atoms with Gasteiger partial charge in [0, 0.05) is 13.1 Å². The zero-order valence-corrected chi connectivity index (χ0v) is 19.6. The number of carbonyl (C=O) groups excluding carboxylic acids is 2. The standard InChI is InChI=1S/C29H28N2O2/c1-18-9-12-25(21(4)15-18)26-27(30-14-13-22-7-5-6-8-23(22)17-30)29(33)31(28(26)32)24-11-10-19(2)20(3)16-24/h5-12,15-16H,13-14,17H2,1-4H3. The summed E-state index contributed by atoms with van der Waals surface area (Å²) in [5.41, 5.74) is 9.33. The quantitative estimate of drug-likeness (QED) is 0.526. The maximum absolute atomic E-state index is 13.9. The van der Waals surface area contributed by atoms with Gasteiger partial charge in [0.2, 0.25) is 0 Å². The van der Waals surface area contributed by atoms with Gasteiger partial charge >= 0.3 is 0 Å². The first-order valence-corrected chi connectivity index (χ1v) is 11.4. The first kappa shape index (κ1) is 21.2. The number of carbonyl (C=O) groups is 2. The molecule has 166 valence electrons. The third kappa shape index (κ3) is 3.56. The normalized spacial score (nSPS) is 16.0. The molecule has 0 aromatic heterocycles. The predicted octanol–water partition coefficient (Wildman–Crippen LogP) is 5.26. The van der Waals surface area contributed by atoms with E-state index in [9.17, 15) is 9.59 Å². The maximum atomic E-state index is 13.9. The van der Waals surface area contributed by atoms with Gasteiger partial charge in [0.25, 0.3) is 11.8 Å². The summed E-state index contributed by atoms with van der Waals surface area (Å²) in [6.07, 6.45) is 0.852. The fourth-order valence-electron chi connectivity index (χ4n) is 4.93. The van der Waals surface area contributed by atoms with E-state index in [4.69, 9.17) is 0 Å². The molecule has 4 heteroatoms. The van der Waals surface area contributed by atoms with Gasteiger partial charge in [-0.3, -0.25) is 9.59 Å². The van der Waals surface area contributed by atoms with Gasteiger partial charge in [-0.15, -0.1) is 0 Å². The Morgan fingerprint density at radius 2 is 1.48 bits per heavy atom. The van der Waals surface area contributed by atoms with Gasteiger partial charge in [-0.05, 0) is 79.6 Å². The second kappa shape index (κ2) is 8.04. The molecule has 0 spiro atoms. The van der Waals surface area contributed by atoms with Crippen molar-refractivity contribution in [2.75, 3.05) is 11.4 Å². The molecule has 2 amide bonds. The Morgan fingerprint density at radius 1 is 0.727 bits per heavy atom. The summed E-state index contributed by atoms with van der Waals surface area (Å²) in [4.78, 5) is 31.2. The molecular formula is C29H28N2O2. The van der Waals surface area contributed by atoms with E-state index in [-0.39, 0.29) is 11.8 Å². The number of amides is 2. The third-order valence-electron chi connectivity index (χ3n) is 6.91. The molecule has 0 unspecified atom stereocenters. The summed E-state index contributed by atoms with van der Waals surface area (Å²) >= 11 is 0. The molecule has 2 aliphatic rings. The summed E-state index contributed by atoms with van der Waals surface area (Å²) in [6, 6.07) is 20.2. The van der Waals surface area contributed by atoms with Crippen molar-refractivity contribution < 1.29 is 9.59 Å². The van der Waals surface area contributed by atoms with E-state index >= 15 is 0 Å². The molecule has 0 aliphatic carbocycles. The highest BCUT2D eigenvalue weighted by molar-refractivity contribution is 6.45. The Morgan fingerprint density at radius 3 is 2.21 bits per heavy atom. The number of benzene rings is 3. The first-order chi connectivity index (χ1) is 15.8. The number of aryl methyl sites for hydroxylation is 4. The Balaban J connectivity index is 1.65. The van der Waals surface area contributed by atoms with Crippen LogP contribution in [-0.4, -0.2) is 23.3 Å². The molecule has 0 fully saturated rings. The third-order valence-corrected chi connectivity index (χ3v) is 6.91. The summed E-state index contributed by atoms with van der Waals surface area (Å²) < 4.78 is 0. The lowest BCUT2D eigenvalue weighted by atomic mass is 9.95. The van der Waals surface area contributed by atoms with E-state index in [0.717, 1.165) is 34.2 Å². The summed E-state index contributed by atoms with van der Waals surface area (Å²) in [5.74, 6) is -0.485. The van der Waals surface area contributed by atoms with E-state index < -0.39 is 0 Å². The van der Waals surface area contributed by atoms with Crippen LogP contribution in [0, 0.1) is 27.7 Å². The fourth-order valence-corrected chi connectivity index (χ4v) is 4.93. The van der Waals surface area contributed by atoms with Gasteiger partial charge < -0.3 is 4.90 Å². The smallest absolute Gasteiger partial charge is 0.282 e. The van der Waals surface area contributed by atoms with Crippen LogP contribution in [0.2, 0.25) is 0 Å². The molecule has 5 rings (SSSR count).